The average molecular weight is 505 g/mol. The van der Waals surface area contributed by atoms with Crippen LogP contribution in [0, 0.1) is 12.3 Å². The maximum Gasteiger partial charge on any atom is 0.410 e. The Morgan fingerprint density at radius 1 is 1.11 bits per heavy atom. The number of alkyl halides is 2. The molecule has 1 aromatic heterocycles. The second-order valence-corrected chi connectivity index (χ2v) is 11.1. The van der Waals surface area contributed by atoms with Crippen molar-refractivity contribution in [3.8, 4) is 5.69 Å². The molecule has 0 atom stereocenters. The van der Waals surface area contributed by atoms with Crippen molar-refractivity contribution in [2.45, 2.75) is 72.0 Å². The van der Waals surface area contributed by atoms with Crippen molar-refractivity contribution in [2.24, 2.45) is 5.41 Å². The van der Waals surface area contributed by atoms with E-state index in [4.69, 9.17) is 9.84 Å². The Morgan fingerprint density at radius 3 is 2.33 bits per heavy atom. The Kier molecular flexibility index (Phi) is 7.33. The van der Waals surface area contributed by atoms with Crippen molar-refractivity contribution in [1.82, 2.24) is 14.7 Å². The Morgan fingerprint density at radius 2 is 1.75 bits per heavy atom. The predicted octanol–water partition coefficient (Wildman–Crippen LogP) is 5.58. The molecule has 1 amide bonds. The molecule has 1 aromatic carbocycles. The van der Waals surface area contributed by atoms with Crippen LogP contribution in [0.4, 0.5) is 19.4 Å². The van der Waals surface area contributed by atoms with Crippen molar-refractivity contribution in [3.05, 3.63) is 41.6 Å². The number of carbonyl (C=O) groups is 1. The van der Waals surface area contributed by atoms with E-state index in [0.717, 1.165) is 61.8 Å². The molecule has 2 saturated heterocycles. The van der Waals surface area contributed by atoms with E-state index in [1.807, 2.05) is 61.5 Å². The Bertz CT molecular complexity index is 1050. The molecule has 0 radical (unpaired) electrons. The van der Waals surface area contributed by atoms with Gasteiger partial charge in [0.25, 0.3) is 0 Å². The fraction of sp³-hybridized carbons (Fsp3) is 0.630. The van der Waals surface area contributed by atoms with Gasteiger partial charge in [-0.2, -0.15) is 13.9 Å². The summed E-state index contributed by atoms with van der Waals surface area (Å²) in [6, 6.07) is 9.88. The lowest BCUT2D eigenvalue weighted by Gasteiger charge is -2.53. The van der Waals surface area contributed by atoms with Crippen LogP contribution in [0.5, 0.6) is 0 Å². The summed E-state index contributed by atoms with van der Waals surface area (Å²) in [5.74, 6) is 0.949. The van der Waals surface area contributed by atoms with Gasteiger partial charge < -0.3 is 19.3 Å². The number of aromatic nitrogens is 2. The summed E-state index contributed by atoms with van der Waals surface area (Å²) in [6.07, 6.45) is -1.14. The van der Waals surface area contributed by atoms with Crippen LogP contribution in [0.25, 0.3) is 5.69 Å². The van der Waals surface area contributed by atoms with E-state index in [1.165, 1.54) is 6.92 Å². The summed E-state index contributed by atoms with van der Waals surface area (Å²) in [7, 11) is 0. The zero-order chi connectivity index (χ0) is 26.1. The van der Waals surface area contributed by atoms with Crippen molar-refractivity contribution < 1.29 is 23.0 Å². The molecule has 0 N–H and O–H groups in total. The van der Waals surface area contributed by atoms with E-state index in [-0.39, 0.29) is 24.5 Å². The number of hydrogen-bond acceptors (Lipinski definition) is 5. The number of hydrogen-bond donors (Lipinski definition) is 0. The number of halogens is 2. The summed E-state index contributed by atoms with van der Waals surface area (Å²) in [6.45, 7) is 12.4. The number of benzene rings is 1. The minimum atomic E-state index is -3.06. The van der Waals surface area contributed by atoms with Crippen LogP contribution in [-0.2, 0) is 15.9 Å². The number of ether oxygens (including phenoxy) is 2. The molecule has 3 heterocycles. The zero-order valence-electron chi connectivity index (χ0n) is 22.0. The van der Waals surface area contributed by atoms with Crippen molar-refractivity contribution >= 4 is 11.9 Å². The van der Waals surface area contributed by atoms with E-state index in [1.54, 1.807) is 0 Å². The number of nitrogens with zero attached hydrogens (tertiary/aromatic N) is 4. The molecule has 1 spiro atoms. The Labute approximate surface area is 212 Å². The third-order valence-corrected chi connectivity index (χ3v) is 7.02. The molecular formula is C27H38F2N4O3. The SMILES string of the molecule is CCC(F)(F)OCCc1ccc(-n2nc(N3CCC4(CC3)CN(C(=O)OC(C)(C)C)C4)cc2C)cc1. The van der Waals surface area contributed by atoms with Gasteiger partial charge in [0.15, 0.2) is 5.82 Å². The second-order valence-electron chi connectivity index (χ2n) is 11.1. The van der Waals surface area contributed by atoms with Crippen LogP contribution in [-0.4, -0.2) is 65.3 Å². The molecule has 7 nitrogen and oxygen atoms in total. The fourth-order valence-corrected chi connectivity index (χ4v) is 4.84. The molecule has 2 aliphatic rings. The van der Waals surface area contributed by atoms with Gasteiger partial charge in [0.1, 0.15) is 5.60 Å². The number of aryl methyl sites for hydroxylation is 1. The normalized spacial score (nSPS) is 17.9. The van der Waals surface area contributed by atoms with E-state index in [2.05, 4.69) is 15.7 Å². The lowest BCUT2D eigenvalue weighted by atomic mass is 9.72. The first-order chi connectivity index (χ1) is 16.9. The number of piperidine rings is 1. The number of likely N-dealkylation sites (tertiary alicyclic amines) is 1. The van der Waals surface area contributed by atoms with Crippen LogP contribution in [0.1, 0.15) is 58.2 Å². The molecule has 0 unspecified atom stereocenters. The monoisotopic (exact) mass is 504 g/mol. The highest BCUT2D eigenvalue weighted by atomic mass is 19.3. The number of rotatable bonds is 7. The van der Waals surface area contributed by atoms with Gasteiger partial charge in [0, 0.05) is 49.8 Å². The molecule has 4 rings (SSSR count). The van der Waals surface area contributed by atoms with Crippen LogP contribution < -0.4 is 4.90 Å². The van der Waals surface area contributed by atoms with E-state index >= 15 is 0 Å². The van der Waals surface area contributed by atoms with Crippen LogP contribution in [0.15, 0.2) is 30.3 Å². The first kappa shape index (κ1) is 26.4. The summed E-state index contributed by atoms with van der Waals surface area (Å²) in [5.41, 5.74) is 2.62. The highest BCUT2D eigenvalue weighted by molar-refractivity contribution is 5.69. The van der Waals surface area contributed by atoms with Gasteiger partial charge in [-0.15, -0.1) is 0 Å². The number of carbonyl (C=O) groups excluding carboxylic acids is 1. The Hall–Kier alpha value is -2.68. The largest absolute Gasteiger partial charge is 0.444 e. The topological polar surface area (TPSA) is 59.8 Å². The minimum Gasteiger partial charge on any atom is -0.444 e. The van der Waals surface area contributed by atoms with Crippen LogP contribution in [0.3, 0.4) is 0 Å². The molecule has 2 fully saturated rings. The second kappa shape index (κ2) is 10.00. The van der Waals surface area contributed by atoms with Gasteiger partial charge in [0.2, 0.25) is 0 Å². The molecule has 198 valence electrons. The first-order valence-electron chi connectivity index (χ1n) is 12.8. The summed E-state index contributed by atoms with van der Waals surface area (Å²) >= 11 is 0. The number of amides is 1. The predicted molar refractivity (Wildman–Crippen MR) is 135 cm³/mol. The van der Waals surface area contributed by atoms with Gasteiger partial charge in [-0.3, -0.25) is 0 Å². The smallest absolute Gasteiger partial charge is 0.410 e. The van der Waals surface area contributed by atoms with E-state index in [0.29, 0.717) is 6.42 Å². The van der Waals surface area contributed by atoms with Gasteiger partial charge in [-0.25, -0.2) is 9.48 Å². The summed E-state index contributed by atoms with van der Waals surface area (Å²) in [5, 5.41) is 4.85. The maximum absolute atomic E-state index is 13.3. The summed E-state index contributed by atoms with van der Waals surface area (Å²) in [4.78, 5) is 16.4. The van der Waals surface area contributed by atoms with Crippen molar-refractivity contribution in [3.63, 3.8) is 0 Å². The maximum atomic E-state index is 13.3. The zero-order valence-corrected chi connectivity index (χ0v) is 22.0. The van der Waals surface area contributed by atoms with Crippen molar-refractivity contribution in [1.29, 1.82) is 0 Å². The molecule has 2 aliphatic heterocycles. The van der Waals surface area contributed by atoms with Crippen molar-refractivity contribution in [2.75, 3.05) is 37.7 Å². The molecular weight excluding hydrogens is 466 g/mol. The third kappa shape index (κ3) is 6.17. The Balaban J connectivity index is 1.30. The van der Waals surface area contributed by atoms with E-state index in [9.17, 15) is 13.6 Å². The average Bonchev–Trinajstić information content (AvgIpc) is 3.18. The molecule has 0 bridgehead atoms. The lowest BCUT2D eigenvalue weighted by Crippen LogP contribution is -2.62. The highest BCUT2D eigenvalue weighted by Crippen LogP contribution is 2.41. The molecule has 2 aromatic rings. The van der Waals surface area contributed by atoms with Crippen LogP contribution >= 0.6 is 0 Å². The van der Waals surface area contributed by atoms with Gasteiger partial charge >= 0.3 is 12.2 Å². The third-order valence-electron chi connectivity index (χ3n) is 7.02. The fourth-order valence-electron chi connectivity index (χ4n) is 4.84. The molecule has 9 heteroatoms. The van der Waals surface area contributed by atoms with Crippen LogP contribution in [0.2, 0.25) is 0 Å². The quantitative estimate of drug-likeness (QED) is 0.493. The standard InChI is InChI=1S/C27H38F2N4O3/c1-6-27(28,29)35-16-11-21-7-9-22(10-8-21)33-20(2)17-23(30-33)31-14-12-26(13-15-31)18-32(19-26)24(34)36-25(3,4)5/h7-10,17H,6,11-16,18-19H2,1-5H3. The molecule has 0 saturated carbocycles. The summed E-state index contributed by atoms with van der Waals surface area (Å²) < 4.78 is 38.6. The minimum absolute atomic E-state index is 0.0167. The van der Waals surface area contributed by atoms with E-state index < -0.39 is 11.7 Å². The van der Waals surface area contributed by atoms with Gasteiger partial charge in [0.05, 0.1) is 12.3 Å². The highest BCUT2D eigenvalue weighted by Gasteiger charge is 2.48. The first-order valence-corrected chi connectivity index (χ1v) is 12.8. The molecule has 36 heavy (non-hydrogen) atoms. The number of anilines is 1. The van der Waals surface area contributed by atoms with Gasteiger partial charge in [-0.05, 0) is 64.7 Å². The lowest BCUT2D eigenvalue weighted by molar-refractivity contribution is -0.238. The van der Waals surface area contributed by atoms with Gasteiger partial charge in [-0.1, -0.05) is 19.1 Å². The molecule has 0 aliphatic carbocycles.